The van der Waals surface area contributed by atoms with Gasteiger partial charge in [0, 0.05) is 12.2 Å². The SMILES string of the molecule is CCC(CC)n1cnc(C)c1. The molecule has 0 amide bonds. The predicted octanol–water partition coefficient (Wildman–Crippen LogP) is 2.55. The first kappa shape index (κ1) is 8.31. The second-order valence-electron chi connectivity index (χ2n) is 2.93. The maximum Gasteiger partial charge on any atom is 0.0951 e. The highest BCUT2D eigenvalue weighted by molar-refractivity contribution is 4.93. The van der Waals surface area contributed by atoms with Crippen molar-refractivity contribution in [3.05, 3.63) is 18.2 Å². The number of hydrogen-bond donors (Lipinski definition) is 0. The van der Waals surface area contributed by atoms with Crippen LogP contribution in [-0.4, -0.2) is 9.55 Å². The molecule has 0 unspecified atom stereocenters. The van der Waals surface area contributed by atoms with E-state index in [2.05, 4.69) is 29.6 Å². The first-order chi connectivity index (χ1) is 5.27. The molecule has 0 aromatic carbocycles. The van der Waals surface area contributed by atoms with Gasteiger partial charge < -0.3 is 4.57 Å². The molecule has 0 N–H and O–H groups in total. The van der Waals surface area contributed by atoms with Crippen molar-refractivity contribution in [2.75, 3.05) is 0 Å². The normalized spacial score (nSPS) is 10.9. The zero-order chi connectivity index (χ0) is 8.27. The molecule has 1 aromatic rings. The maximum atomic E-state index is 4.20. The minimum Gasteiger partial charge on any atom is -0.334 e. The van der Waals surface area contributed by atoms with Gasteiger partial charge in [-0.05, 0) is 19.8 Å². The summed E-state index contributed by atoms with van der Waals surface area (Å²) >= 11 is 0. The van der Waals surface area contributed by atoms with Gasteiger partial charge in [-0.15, -0.1) is 0 Å². The van der Waals surface area contributed by atoms with Crippen molar-refractivity contribution in [2.24, 2.45) is 0 Å². The Morgan fingerprint density at radius 2 is 2.09 bits per heavy atom. The molecule has 1 rings (SSSR count). The Balaban J connectivity index is 2.73. The van der Waals surface area contributed by atoms with Crippen LogP contribution in [0.4, 0.5) is 0 Å². The Bertz CT molecular complexity index is 211. The number of nitrogens with zero attached hydrogens (tertiary/aromatic N) is 2. The number of imidazole rings is 1. The summed E-state index contributed by atoms with van der Waals surface area (Å²) in [5.74, 6) is 0. The lowest BCUT2D eigenvalue weighted by Crippen LogP contribution is -2.03. The first-order valence-corrected chi connectivity index (χ1v) is 4.28. The average molecular weight is 152 g/mol. The van der Waals surface area contributed by atoms with Crippen LogP contribution in [0.5, 0.6) is 0 Å². The van der Waals surface area contributed by atoms with Gasteiger partial charge in [0.1, 0.15) is 0 Å². The van der Waals surface area contributed by atoms with Gasteiger partial charge >= 0.3 is 0 Å². The lowest BCUT2D eigenvalue weighted by Gasteiger charge is -2.12. The Morgan fingerprint density at radius 3 is 2.45 bits per heavy atom. The quantitative estimate of drug-likeness (QED) is 0.650. The number of aromatic nitrogens is 2. The lowest BCUT2D eigenvalue weighted by atomic mass is 10.2. The molecule has 11 heavy (non-hydrogen) atoms. The van der Waals surface area contributed by atoms with E-state index in [9.17, 15) is 0 Å². The van der Waals surface area contributed by atoms with Crippen molar-refractivity contribution in [1.29, 1.82) is 0 Å². The van der Waals surface area contributed by atoms with E-state index in [-0.39, 0.29) is 0 Å². The van der Waals surface area contributed by atoms with Crippen LogP contribution in [0.3, 0.4) is 0 Å². The maximum absolute atomic E-state index is 4.20. The highest BCUT2D eigenvalue weighted by Gasteiger charge is 2.04. The third-order valence-corrected chi connectivity index (χ3v) is 2.09. The van der Waals surface area contributed by atoms with Gasteiger partial charge in [0.2, 0.25) is 0 Å². The van der Waals surface area contributed by atoms with E-state index in [1.807, 2.05) is 13.3 Å². The summed E-state index contributed by atoms with van der Waals surface area (Å²) in [4.78, 5) is 4.20. The zero-order valence-electron chi connectivity index (χ0n) is 7.54. The zero-order valence-corrected chi connectivity index (χ0v) is 7.54. The molecule has 0 aliphatic carbocycles. The van der Waals surface area contributed by atoms with Crippen molar-refractivity contribution < 1.29 is 0 Å². The van der Waals surface area contributed by atoms with Crippen LogP contribution in [0.1, 0.15) is 38.4 Å². The molecule has 0 spiro atoms. The Labute approximate surface area is 68.3 Å². The van der Waals surface area contributed by atoms with Gasteiger partial charge in [-0.25, -0.2) is 4.98 Å². The van der Waals surface area contributed by atoms with Gasteiger partial charge in [-0.2, -0.15) is 0 Å². The highest BCUT2D eigenvalue weighted by Crippen LogP contribution is 2.14. The molecule has 0 aliphatic heterocycles. The molecule has 0 saturated carbocycles. The van der Waals surface area contributed by atoms with E-state index in [1.165, 1.54) is 12.8 Å². The molecule has 62 valence electrons. The minimum absolute atomic E-state index is 0.635. The van der Waals surface area contributed by atoms with E-state index < -0.39 is 0 Å². The van der Waals surface area contributed by atoms with Crippen molar-refractivity contribution in [3.8, 4) is 0 Å². The summed E-state index contributed by atoms with van der Waals surface area (Å²) in [6.07, 6.45) is 6.41. The fourth-order valence-corrected chi connectivity index (χ4v) is 1.35. The van der Waals surface area contributed by atoms with Gasteiger partial charge in [-0.3, -0.25) is 0 Å². The Hall–Kier alpha value is -0.790. The monoisotopic (exact) mass is 152 g/mol. The molecule has 2 heteroatoms. The summed E-state index contributed by atoms with van der Waals surface area (Å²) in [6, 6.07) is 0.635. The van der Waals surface area contributed by atoms with Crippen LogP contribution in [-0.2, 0) is 0 Å². The largest absolute Gasteiger partial charge is 0.334 e. The van der Waals surface area contributed by atoms with E-state index in [0.717, 1.165) is 5.69 Å². The highest BCUT2D eigenvalue weighted by atomic mass is 15.1. The summed E-state index contributed by atoms with van der Waals surface area (Å²) in [6.45, 7) is 6.45. The lowest BCUT2D eigenvalue weighted by molar-refractivity contribution is 0.471. The van der Waals surface area contributed by atoms with E-state index >= 15 is 0 Å². The molecule has 1 aromatic heterocycles. The van der Waals surface area contributed by atoms with Gasteiger partial charge in [0.25, 0.3) is 0 Å². The molecular weight excluding hydrogens is 136 g/mol. The van der Waals surface area contributed by atoms with Crippen molar-refractivity contribution in [1.82, 2.24) is 9.55 Å². The molecule has 1 heterocycles. The Morgan fingerprint density at radius 1 is 1.45 bits per heavy atom. The predicted molar refractivity (Wildman–Crippen MR) is 46.6 cm³/mol. The molecule has 0 bridgehead atoms. The average Bonchev–Trinajstić information content (AvgIpc) is 2.39. The van der Waals surface area contributed by atoms with Gasteiger partial charge in [0.15, 0.2) is 0 Å². The van der Waals surface area contributed by atoms with E-state index in [0.29, 0.717) is 6.04 Å². The molecule has 2 nitrogen and oxygen atoms in total. The molecule has 0 saturated heterocycles. The molecule has 0 fully saturated rings. The summed E-state index contributed by atoms with van der Waals surface area (Å²) < 4.78 is 2.20. The van der Waals surface area contributed by atoms with Crippen LogP contribution in [0.25, 0.3) is 0 Å². The first-order valence-electron chi connectivity index (χ1n) is 4.28. The van der Waals surface area contributed by atoms with E-state index in [1.54, 1.807) is 0 Å². The molecule has 0 atom stereocenters. The fraction of sp³-hybridized carbons (Fsp3) is 0.667. The summed E-state index contributed by atoms with van der Waals surface area (Å²) in [5.41, 5.74) is 1.11. The second-order valence-corrected chi connectivity index (χ2v) is 2.93. The third kappa shape index (κ3) is 1.82. The van der Waals surface area contributed by atoms with Gasteiger partial charge in [-0.1, -0.05) is 13.8 Å². The molecule has 0 aliphatic rings. The fourth-order valence-electron chi connectivity index (χ4n) is 1.35. The number of aryl methyl sites for hydroxylation is 1. The Kier molecular flexibility index (Phi) is 2.69. The topological polar surface area (TPSA) is 17.8 Å². The van der Waals surface area contributed by atoms with Crippen molar-refractivity contribution in [2.45, 2.75) is 39.7 Å². The smallest absolute Gasteiger partial charge is 0.0951 e. The van der Waals surface area contributed by atoms with Gasteiger partial charge in [0.05, 0.1) is 12.0 Å². The van der Waals surface area contributed by atoms with Crippen molar-refractivity contribution in [3.63, 3.8) is 0 Å². The molecule has 0 radical (unpaired) electrons. The minimum atomic E-state index is 0.635. The number of rotatable bonds is 3. The molecular formula is C9H16N2. The van der Waals surface area contributed by atoms with Crippen LogP contribution in [0.2, 0.25) is 0 Å². The summed E-state index contributed by atoms with van der Waals surface area (Å²) in [5, 5.41) is 0. The summed E-state index contributed by atoms with van der Waals surface area (Å²) in [7, 11) is 0. The van der Waals surface area contributed by atoms with Crippen molar-refractivity contribution >= 4 is 0 Å². The number of hydrogen-bond acceptors (Lipinski definition) is 1. The van der Waals surface area contributed by atoms with Crippen LogP contribution >= 0.6 is 0 Å². The van der Waals surface area contributed by atoms with Crippen LogP contribution in [0.15, 0.2) is 12.5 Å². The van der Waals surface area contributed by atoms with Crippen LogP contribution in [0, 0.1) is 6.92 Å². The third-order valence-electron chi connectivity index (χ3n) is 2.09. The second kappa shape index (κ2) is 3.56. The van der Waals surface area contributed by atoms with Crippen LogP contribution < -0.4 is 0 Å². The standard InChI is InChI=1S/C9H16N2/c1-4-9(5-2)11-6-8(3)10-7-11/h6-7,9H,4-5H2,1-3H3. The van der Waals surface area contributed by atoms with E-state index in [4.69, 9.17) is 0 Å².